The molecule has 1 atom stereocenters. The zero-order valence-corrected chi connectivity index (χ0v) is 15.4. The number of nitrogens with zero attached hydrogens (tertiary/aromatic N) is 1. The van der Waals surface area contributed by atoms with E-state index in [4.69, 9.17) is 4.74 Å². The van der Waals surface area contributed by atoms with Crippen LogP contribution in [0.4, 0.5) is 11.4 Å². The van der Waals surface area contributed by atoms with Crippen LogP contribution in [0.2, 0.25) is 0 Å². The quantitative estimate of drug-likeness (QED) is 0.885. The molecule has 1 unspecified atom stereocenters. The summed E-state index contributed by atoms with van der Waals surface area (Å²) in [6.45, 7) is 6.24. The minimum absolute atomic E-state index is 0.0268. The first kappa shape index (κ1) is 18.0. The highest BCUT2D eigenvalue weighted by Crippen LogP contribution is 2.37. The van der Waals surface area contributed by atoms with Gasteiger partial charge in [-0.1, -0.05) is 44.2 Å². The maximum absolute atomic E-state index is 12.6. The molecule has 1 N–H and O–H groups in total. The Morgan fingerprint density at radius 3 is 2.62 bits per heavy atom. The van der Waals surface area contributed by atoms with Gasteiger partial charge in [0.25, 0.3) is 5.91 Å². The van der Waals surface area contributed by atoms with Crippen molar-refractivity contribution in [2.24, 2.45) is 5.92 Å². The van der Waals surface area contributed by atoms with Crippen molar-refractivity contribution in [3.8, 4) is 5.75 Å². The lowest BCUT2D eigenvalue weighted by molar-refractivity contribution is -0.125. The lowest BCUT2D eigenvalue weighted by Crippen LogP contribution is -2.44. The predicted molar refractivity (Wildman–Crippen MR) is 102 cm³/mol. The van der Waals surface area contributed by atoms with Gasteiger partial charge in [-0.25, -0.2) is 0 Å². The maximum atomic E-state index is 12.6. The smallest absolute Gasteiger partial charge is 0.268 e. The van der Waals surface area contributed by atoms with Crippen LogP contribution in [0.25, 0.3) is 0 Å². The summed E-state index contributed by atoms with van der Waals surface area (Å²) in [4.78, 5) is 26.3. The molecule has 1 heterocycles. The van der Waals surface area contributed by atoms with Gasteiger partial charge in [-0.05, 0) is 30.5 Å². The first-order chi connectivity index (χ1) is 12.4. The number of anilines is 2. The van der Waals surface area contributed by atoms with Crippen molar-refractivity contribution >= 4 is 23.2 Å². The number of carbonyl (C=O) groups is 2. The van der Waals surface area contributed by atoms with Crippen LogP contribution in [-0.2, 0) is 16.1 Å². The highest BCUT2D eigenvalue weighted by molar-refractivity contribution is 6.00. The summed E-state index contributed by atoms with van der Waals surface area (Å²) in [5.74, 6) is 0.803. The van der Waals surface area contributed by atoms with Crippen LogP contribution in [0.1, 0.15) is 32.8 Å². The van der Waals surface area contributed by atoms with E-state index in [1.807, 2.05) is 56.3 Å². The Kier molecular flexibility index (Phi) is 5.26. The highest BCUT2D eigenvalue weighted by Gasteiger charge is 2.31. The van der Waals surface area contributed by atoms with E-state index in [-0.39, 0.29) is 11.8 Å². The van der Waals surface area contributed by atoms with Gasteiger partial charge in [-0.15, -0.1) is 0 Å². The summed E-state index contributed by atoms with van der Waals surface area (Å²) in [7, 11) is 0. The summed E-state index contributed by atoms with van der Waals surface area (Å²) in [5, 5.41) is 2.89. The Morgan fingerprint density at radius 2 is 1.92 bits per heavy atom. The average molecular weight is 352 g/mol. The summed E-state index contributed by atoms with van der Waals surface area (Å²) < 4.78 is 5.77. The van der Waals surface area contributed by atoms with E-state index in [9.17, 15) is 9.59 Å². The molecule has 0 spiro atoms. The van der Waals surface area contributed by atoms with Crippen molar-refractivity contribution in [1.82, 2.24) is 0 Å². The summed E-state index contributed by atoms with van der Waals surface area (Å²) >= 11 is 0. The maximum Gasteiger partial charge on any atom is 0.268 e. The number of amides is 2. The van der Waals surface area contributed by atoms with E-state index in [0.29, 0.717) is 30.3 Å². The summed E-state index contributed by atoms with van der Waals surface area (Å²) in [6.07, 6.45) is -0.0970. The van der Waals surface area contributed by atoms with Gasteiger partial charge in [-0.2, -0.15) is 0 Å². The molecule has 0 fully saturated rings. The number of fused-ring (bicyclic) bond motifs is 1. The number of hydrogen-bond acceptors (Lipinski definition) is 3. The van der Waals surface area contributed by atoms with Gasteiger partial charge in [0, 0.05) is 18.2 Å². The number of nitrogens with one attached hydrogen (secondary N) is 1. The van der Waals surface area contributed by atoms with Gasteiger partial charge < -0.3 is 15.0 Å². The van der Waals surface area contributed by atoms with Gasteiger partial charge in [0.1, 0.15) is 5.75 Å². The Hall–Kier alpha value is -2.82. The second-order valence-electron chi connectivity index (χ2n) is 7.00. The highest BCUT2D eigenvalue weighted by atomic mass is 16.5. The SMILES string of the molecule is CC(C)CC(=O)Nc1ccc2c(c1)OC(C)C(=O)N2Cc1ccccc1. The Labute approximate surface area is 154 Å². The third kappa shape index (κ3) is 4.04. The van der Waals surface area contributed by atoms with Crippen LogP contribution in [0.5, 0.6) is 5.75 Å². The van der Waals surface area contributed by atoms with E-state index in [1.54, 1.807) is 17.9 Å². The Balaban J connectivity index is 1.84. The number of hydrogen-bond donors (Lipinski definition) is 1. The molecule has 0 saturated carbocycles. The molecule has 2 amide bonds. The van der Waals surface area contributed by atoms with Gasteiger partial charge >= 0.3 is 0 Å². The number of ether oxygens (including phenoxy) is 1. The molecule has 0 aliphatic carbocycles. The standard InChI is InChI=1S/C21H24N2O3/c1-14(2)11-20(24)22-17-9-10-18-19(12-17)26-15(3)21(25)23(18)13-16-7-5-4-6-8-16/h4-10,12,14-15H,11,13H2,1-3H3,(H,22,24). The molecule has 1 aliphatic rings. The fraction of sp³-hybridized carbons (Fsp3) is 0.333. The zero-order valence-electron chi connectivity index (χ0n) is 15.4. The molecule has 0 bridgehead atoms. The fourth-order valence-corrected chi connectivity index (χ4v) is 3.00. The third-order valence-corrected chi connectivity index (χ3v) is 4.23. The van der Waals surface area contributed by atoms with Crippen molar-refractivity contribution in [1.29, 1.82) is 0 Å². The monoisotopic (exact) mass is 352 g/mol. The first-order valence-corrected chi connectivity index (χ1v) is 8.90. The van der Waals surface area contributed by atoms with Crippen LogP contribution in [0.3, 0.4) is 0 Å². The van der Waals surface area contributed by atoms with E-state index in [2.05, 4.69) is 5.32 Å². The van der Waals surface area contributed by atoms with Gasteiger partial charge in [0.05, 0.1) is 12.2 Å². The van der Waals surface area contributed by atoms with Gasteiger partial charge in [-0.3, -0.25) is 9.59 Å². The van der Waals surface area contributed by atoms with Crippen LogP contribution < -0.4 is 15.0 Å². The van der Waals surface area contributed by atoms with Gasteiger partial charge in [0.2, 0.25) is 5.91 Å². The van der Waals surface area contributed by atoms with E-state index in [1.165, 1.54) is 0 Å². The Morgan fingerprint density at radius 1 is 1.19 bits per heavy atom. The van der Waals surface area contributed by atoms with E-state index < -0.39 is 6.10 Å². The lowest BCUT2D eigenvalue weighted by atomic mass is 10.1. The molecular weight excluding hydrogens is 328 g/mol. The van der Waals surface area contributed by atoms with Crippen LogP contribution in [-0.4, -0.2) is 17.9 Å². The van der Waals surface area contributed by atoms with Crippen LogP contribution in [0.15, 0.2) is 48.5 Å². The van der Waals surface area contributed by atoms with E-state index >= 15 is 0 Å². The van der Waals surface area contributed by atoms with Gasteiger partial charge in [0.15, 0.2) is 6.10 Å². The van der Waals surface area contributed by atoms with Crippen molar-refractivity contribution in [2.45, 2.75) is 39.8 Å². The second kappa shape index (κ2) is 7.60. The normalized spacial score (nSPS) is 16.2. The van der Waals surface area contributed by atoms with Crippen molar-refractivity contribution in [3.05, 3.63) is 54.1 Å². The van der Waals surface area contributed by atoms with Crippen molar-refractivity contribution in [2.75, 3.05) is 10.2 Å². The molecule has 2 aromatic rings. The number of carbonyl (C=O) groups excluding carboxylic acids is 2. The fourth-order valence-electron chi connectivity index (χ4n) is 3.00. The number of benzene rings is 2. The van der Waals surface area contributed by atoms with Crippen LogP contribution in [0, 0.1) is 5.92 Å². The molecule has 5 heteroatoms. The van der Waals surface area contributed by atoms with Crippen molar-refractivity contribution in [3.63, 3.8) is 0 Å². The predicted octanol–water partition coefficient (Wildman–Crippen LogP) is 3.99. The molecule has 0 aromatic heterocycles. The van der Waals surface area contributed by atoms with E-state index in [0.717, 1.165) is 11.3 Å². The largest absolute Gasteiger partial charge is 0.479 e. The summed E-state index contributed by atoms with van der Waals surface area (Å²) in [5.41, 5.74) is 2.45. The average Bonchev–Trinajstić information content (AvgIpc) is 2.59. The molecule has 1 aliphatic heterocycles. The molecule has 3 rings (SSSR count). The molecule has 26 heavy (non-hydrogen) atoms. The molecule has 2 aromatic carbocycles. The second-order valence-corrected chi connectivity index (χ2v) is 7.00. The third-order valence-electron chi connectivity index (χ3n) is 4.23. The molecular formula is C21H24N2O3. The van der Waals surface area contributed by atoms with Crippen molar-refractivity contribution < 1.29 is 14.3 Å². The molecule has 136 valence electrons. The minimum Gasteiger partial charge on any atom is -0.479 e. The first-order valence-electron chi connectivity index (χ1n) is 8.90. The minimum atomic E-state index is -0.562. The topological polar surface area (TPSA) is 58.6 Å². The number of rotatable bonds is 5. The zero-order chi connectivity index (χ0) is 18.7. The van der Waals surface area contributed by atoms with Crippen LogP contribution >= 0.6 is 0 Å². The summed E-state index contributed by atoms with van der Waals surface area (Å²) in [6, 6.07) is 15.3. The molecule has 0 radical (unpaired) electrons. The lowest BCUT2D eigenvalue weighted by Gasteiger charge is -2.33. The molecule has 0 saturated heterocycles. The molecule has 5 nitrogen and oxygen atoms in total. The Bertz CT molecular complexity index is 802.